The van der Waals surface area contributed by atoms with Crippen LogP contribution < -0.4 is 10.1 Å². The van der Waals surface area contributed by atoms with Gasteiger partial charge in [0.25, 0.3) is 5.91 Å². The molecule has 0 fully saturated rings. The van der Waals surface area contributed by atoms with Gasteiger partial charge in [-0.15, -0.1) is 0 Å². The van der Waals surface area contributed by atoms with Crippen molar-refractivity contribution in [1.82, 2.24) is 4.98 Å². The topological polar surface area (TPSA) is 108 Å². The van der Waals surface area contributed by atoms with E-state index in [2.05, 4.69) is 10.3 Å². The number of hydrogen-bond donors (Lipinski definition) is 1. The highest BCUT2D eigenvalue weighted by Crippen LogP contribution is 2.30. The highest BCUT2D eigenvalue weighted by molar-refractivity contribution is 6.10. The molecule has 2 heterocycles. The number of anilines is 1. The van der Waals surface area contributed by atoms with Crippen LogP contribution in [0.25, 0.3) is 22.5 Å². The average Bonchev–Trinajstić information content (AvgIpc) is 3.39. The van der Waals surface area contributed by atoms with Crippen molar-refractivity contribution < 1.29 is 28.3 Å². The number of amides is 1. The van der Waals surface area contributed by atoms with Gasteiger partial charge in [-0.2, -0.15) is 0 Å². The fourth-order valence-corrected chi connectivity index (χ4v) is 3.39. The number of ether oxygens (including phenoxy) is 2. The smallest absolute Gasteiger partial charge is 0.339 e. The molecule has 4 aromatic rings. The summed E-state index contributed by atoms with van der Waals surface area (Å²) in [6, 6.07) is 16.8. The SMILES string of the molecule is COC(=O)c1ccc(-c2ccco2)cc1NC(=O)c1cc(-c2cccnc2)ccc1OC(C)=O. The van der Waals surface area contributed by atoms with Gasteiger partial charge in [-0.05, 0) is 48.0 Å². The third-order valence-electron chi connectivity index (χ3n) is 4.95. The Morgan fingerprint density at radius 2 is 1.74 bits per heavy atom. The van der Waals surface area contributed by atoms with Gasteiger partial charge in [0.1, 0.15) is 11.5 Å². The molecule has 8 heteroatoms. The molecule has 0 aliphatic carbocycles. The Kier molecular flexibility index (Phi) is 6.49. The normalized spacial score (nSPS) is 10.4. The van der Waals surface area contributed by atoms with Crippen LogP contribution in [-0.2, 0) is 9.53 Å². The van der Waals surface area contributed by atoms with E-state index in [4.69, 9.17) is 13.9 Å². The maximum atomic E-state index is 13.4. The minimum Gasteiger partial charge on any atom is -0.465 e. The second-order valence-electron chi connectivity index (χ2n) is 7.23. The van der Waals surface area contributed by atoms with Crippen LogP contribution in [0.5, 0.6) is 5.75 Å². The molecule has 0 radical (unpaired) electrons. The van der Waals surface area contributed by atoms with Gasteiger partial charge in [0.05, 0.1) is 30.2 Å². The zero-order valence-corrected chi connectivity index (χ0v) is 18.4. The number of nitrogens with zero attached hydrogens (tertiary/aromatic N) is 1. The summed E-state index contributed by atoms with van der Waals surface area (Å²) in [4.78, 5) is 41.4. The predicted octanol–water partition coefficient (Wildman–Crippen LogP) is 4.97. The van der Waals surface area contributed by atoms with Gasteiger partial charge in [-0.3, -0.25) is 14.6 Å². The van der Waals surface area contributed by atoms with Crippen LogP contribution in [0.15, 0.2) is 83.7 Å². The second kappa shape index (κ2) is 9.83. The molecule has 2 aromatic heterocycles. The standard InChI is InChI=1S/C26H20N2O6/c1-16(29)34-24-10-8-17(19-5-3-11-27-15-19)13-21(24)25(30)28-22-14-18(23-6-4-12-33-23)7-9-20(22)26(31)32-2/h3-15H,1-2H3,(H,28,30). The molecule has 1 N–H and O–H groups in total. The molecule has 0 atom stereocenters. The number of rotatable bonds is 6. The van der Waals surface area contributed by atoms with Crippen molar-refractivity contribution in [3.8, 4) is 28.2 Å². The quantitative estimate of drug-likeness (QED) is 0.322. The molecule has 170 valence electrons. The number of methoxy groups -OCH3 is 1. The lowest BCUT2D eigenvalue weighted by Crippen LogP contribution is -2.17. The first-order valence-corrected chi connectivity index (χ1v) is 10.3. The number of carbonyl (C=O) groups is 3. The Balaban J connectivity index is 1.76. The molecule has 4 rings (SSSR count). The number of pyridine rings is 1. The Hall–Kier alpha value is -4.72. The lowest BCUT2D eigenvalue weighted by Gasteiger charge is -2.14. The molecule has 0 bridgehead atoms. The third-order valence-corrected chi connectivity index (χ3v) is 4.95. The number of carbonyl (C=O) groups excluding carboxylic acids is 3. The van der Waals surface area contributed by atoms with Crippen molar-refractivity contribution in [3.63, 3.8) is 0 Å². The molecule has 2 aromatic carbocycles. The van der Waals surface area contributed by atoms with Crippen molar-refractivity contribution in [1.29, 1.82) is 0 Å². The molecular formula is C26H20N2O6. The van der Waals surface area contributed by atoms with E-state index in [-0.39, 0.29) is 22.6 Å². The Labute approximate surface area is 195 Å². The van der Waals surface area contributed by atoms with Crippen molar-refractivity contribution in [3.05, 3.63) is 90.4 Å². The van der Waals surface area contributed by atoms with Crippen molar-refractivity contribution >= 4 is 23.5 Å². The zero-order valence-electron chi connectivity index (χ0n) is 18.4. The first-order valence-electron chi connectivity index (χ1n) is 10.3. The maximum Gasteiger partial charge on any atom is 0.339 e. The molecule has 0 saturated heterocycles. The van der Waals surface area contributed by atoms with Crippen LogP contribution in [0, 0.1) is 0 Å². The van der Waals surface area contributed by atoms with E-state index in [1.54, 1.807) is 67.0 Å². The molecule has 34 heavy (non-hydrogen) atoms. The van der Waals surface area contributed by atoms with Crippen molar-refractivity contribution in [2.45, 2.75) is 6.92 Å². The first-order chi connectivity index (χ1) is 16.5. The summed E-state index contributed by atoms with van der Waals surface area (Å²) < 4.78 is 15.5. The van der Waals surface area contributed by atoms with E-state index in [0.717, 1.165) is 5.56 Å². The number of aromatic nitrogens is 1. The summed E-state index contributed by atoms with van der Waals surface area (Å²) in [6.07, 6.45) is 4.83. The highest BCUT2D eigenvalue weighted by Gasteiger charge is 2.20. The van der Waals surface area contributed by atoms with E-state index >= 15 is 0 Å². The molecule has 0 unspecified atom stereocenters. The highest BCUT2D eigenvalue weighted by atomic mass is 16.5. The largest absolute Gasteiger partial charge is 0.465 e. The van der Waals surface area contributed by atoms with Gasteiger partial charge in [0, 0.05) is 30.4 Å². The van der Waals surface area contributed by atoms with Gasteiger partial charge in [0.15, 0.2) is 0 Å². The fraction of sp³-hybridized carbons (Fsp3) is 0.0769. The lowest BCUT2D eigenvalue weighted by atomic mass is 10.0. The number of esters is 2. The number of hydrogen-bond acceptors (Lipinski definition) is 7. The number of furan rings is 1. The maximum absolute atomic E-state index is 13.4. The van der Waals surface area contributed by atoms with Crippen molar-refractivity contribution in [2.24, 2.45) is 0 Å². The van der Waals surface area contributed by atoms with E-state index in [0.29, 0.717) is 16.9 Å². The van der Waals surface area contributed by atoms with Crippen LogP contribution in [0.2, 0.25) is 0 Å². The molecule has 0 spiro atoms. The minimum atomic E-state index is -0.620. The molecule has 1 amide bonds. The molecule has 0 aliphatic heterocycles. The number of nitrogens with one attached hydrogen (secondary N) is 1. The number of benzene rings is 2. The van der Waals surface area contributed by atoms with Gasteiger partial charge >= 0.3 is 11.9 Å². The van der Waals surface area contributed by atoms with E-state index in [1.165, 1.54) is 20.3 Å². The summed E-state index contributed by atoms with van der Waals surface area (Å²) in [7, 11) is 1.25. The monoisotopic (exact) mass is 456 g/mol. The molecular weight excluding hydrogens is 436 g/mol. The van der Waals surface area contributed by atoms with Gasteiger partial charge in [-0.1, -0.05) is 18.2 Å². The summed E-state index contributed by atoms with van der Waals surface area (Å²) in [6.45, 7) is 1.25. The van der Waals surface area contributed by atoms with Crippen LogP contribution >= 0.6 is 0 Å². The summed E-state index contributed by atoms with van der Waals surface area (Å²) >= 11 is 0. The van der Waals surface area contributed by atoms with E-state index in [9.17, 15) is 14.4 Å². The summed E-state index contributed by atoms with van der Waals surface area (Å²) in [5.74, 6) is -1.13. The van der Waals surface area contributed by atoms with Crippen LogP contribution in [0.3, 0.4) is 0 Å². The zero-order chi connectivity index (χ0) is 24.1. The van der Waals surface area contributed by atoms with Gasteiger partial charge in [-0.25, -0.2) is 4.79 Å². The molecule has 8 nitrogen and oxygen atoms in total. The van der Waals surface area contributed by atoms with E-state index < -0.39 is 17.8 Å². The molecule has 0 saturated carbocycles. The van der Waals surface area contributed by atoms with Crippen molar-refractivity contribution in [2.75, 3.05) is 12.4 Å². The Bertz CT molecular complexity index is 1350. The van der Waals surface area contributed by atoms with Crippen LogP contribution in [-0.4, -0.2) is 29.9 Å². The van der Waals surface area contributed by atoms with E-state index in [1.807, 2.05) is 6.07 Å². The van der Waals surface area contributed by atoms with Crippen LogP contribution in [0.4, 0.5) is 5.69 Å². The average molecular weight is 456 g/mol. The third kappa shape index (κ3) is 4.86. The first kappa shape index (κ1) is 22.5. The summed E-state index contributed by atoms with van der Waals surface area (Å²) in [5.41, 5.74) is 2.61. The lowest BCUT2D eigenvalue weighted by molar-refractivity contribution is -0.131. The Morgan fingerprint density at radius 1 is 0.912 bits per heavy atom. The fourth-order valence-electron chi connectivity index (χ4n) is 3.39. The minimum absolute atomic E-state index is 0.0828. The second-order valence-corrected chi connectivity index (χ2v) is 7.23. The van der Waals surface area contributed by atoms with Crippen LogP contribution in [0.1, 0.15) is 27.6 Å². The summed E-state index contributed by atoms with van der Waals surface area (Å²) in [5, 5.41) is 2.75. The van der Waals surface area contributed by atoms with Gasteiger partial charge in [0.2, 0.25) is 0 Å². The molecule has 0 aliphatic rings. The van der Waals surface area contributed by atoms with Gasteiger partial charge < -0.3 is 19.2 Å². The predicted molar refractivity (Wildman–Crippen MR) is 124 cm³/mol. The Morgan fingerprint density at radius 3 is 2.41 bits per heavy atom.